The van der Waals surface area contributed by atoms with Gasteiger partial charge >= 0.3 is 0 Å². The van der Waals surface area contributed by atoms with E-state index in [1.54, 1.807) is 30.3 Å². The summed E-state index contributed by atoms with van der Waals surface area (Å²) in [5.41, 5.74) is 2.04. The number of rotatable bonds is 6. The van der Waals surface area contributed by atoms with Crippen LogP contribution in [0.5, 0.6) is 0 Å². The Balaban J connectivity index is 1.61. The number of amides is 2. The first-order valence-electron chi connectivity index (χ1n) is 10.4. The molecule has 5 heteroatoms. The molecule has 0 aromatic heterocycles. The highest BCUT2D eigenvalue weighted by atomic mass is 16.2. The van der Waals surface area contributed by atoms with Crippen LogP contribution in [0.1, 0.15) is 56.5 Å². The molecule has 2 N–H and O–H groups in total. The van der Waals surface area contributed by atoms with Gasteiger partial charge in [-0.2, -0.15) is 0 Å². The van der Waals surface area contributed by atoms with Crippen LogP contribution in [0.2, 0.25) is 0 Å². The number of carbonyl (C=O) groups excluding carboxylic acids is 3. The lowest BCUT2D eigenvalue weighted by Gasteiger charge is -2.15. The monoisotopic (exact) mass is 404 g/mol. The summed E-state index contributed by atoms with van der Waals surface area (Å²) < 4.78 is 0. The zero-order valence-electron chi connectivity index (χ0n) is 17.9. The second-order valence-corrected chi connectivity index (χ2v) is 9.92. The van der Waals surface area contributed by atoms with Gasteiger partial charge in [0.15, 0.2) is 5.78 Å². The van der Waals surface area contributed by atoms with Gasteiger partial charge in [-0.3, -0.25) is 14.4 Å². The summed E-state index contributed by atoms with van der Waals surface area (Å²) in [7, 11) is 0. The van der Waals surface area contributed by atoms with E-state index in [0.717, 1.165) is 12.8 Å². The molecule has 4 rings (SSSR count). The van der Waals surface area contributed by atoms with Crippen molar-refractivity contribution in [3.8, 4) is 0 Å². The van der Waals surface area contributed by atoms with Gasteiger partial charge < -0.3 is 10.6 Å². The number of nitrogens with one attached hydrogen (secondary N) is 2. The van der Waals surface area contributed by atoms with Crippen molar-refractivity contribution in [2.75, 3.05) is 10.6 Å². The molecule has 2 aromatic carbocycles. The fourth-order valence-corrected chi connectivity index (χ4v) is 3.92. The average Bonchev–Trinajstić information content (AvgIpc) is 3.56. The number of hydrogen-bond acceptors (Lipinski definition) is 3. The summed E-state index contributed by atoms with van der Waals surface area (Å²) in [5, 5.41) is 5.91. The first-order valence-corrected chi connectivity index (χ1v) is 10.4. The molecule has 2 unspecified atom stereocenters. The predicted octanol–water partition coefficient (Wildman–Crippen LogP) is 4.89. The SMILES string of the molecule is CC1(C)CC1C(=O)Nc1ccc(C(=O)c2ccccc2)cc1NC(=O)C1CC1(C)C. The Morgan fingerprint density at radius 1 is 0.733 bits per heavy atom. The van der Waals surface area contributed by atoms with Crippen LogP contribution in [-0.2, 0) is 9.59 Å². The fraction of sp³-hybridized carbons (Fsp3) is 0.400. The van der Waals surface area contributed by atoms with Crippen molar-refractivity contribution in [1.29, 1.82) is 0 Å². The van der Waals surface area contributed by atoms with Crippen molar-refractivity contribution in [2.45, 2.75) is 40.5 Å². The van der Waals surface area contributed by atoms with Crippen molar-refractivity contribution >= 4 is 29.0 Å². The van der Waals surface area contributed by atoms with Crippen LogP contribution in [0.25, 0.3) is 0 Å². The minimum atomic E-state index is -0.126. The summed E-state index contributed by atoms with van der Waals surface area (Å²) >= 11 is 0. The summed E-state index contributed by atoms with van der Waals surface area (Å²) in [4.78, 5) is 38.2. The van der Waals surface area contributed by atoms with Gasteiger partial charge in [0.2, 0.25) is 11.8 Å². The first kappa shape index (κ1) is 20.3. The molecule has 0 aliphatic heterocycles. The standard InChI is InChI=1S/C25H28N2O3/c1-24(2)13-17(24)22(29)26-19-11-10-16(21(28)15-8-6-5-7-9-15)12-20(19)27-23(30)18-14-25(18,3)4/h5-12,17-18H,13-14H2,1-4H3,(H,26,29)(H,27,30). The predicted molar refractivity (Wildman–Crippen MR) is 117 cm³/mol. The lowest BCUT2D eigenvalue weighted by atomic mass is 10.0. The molecule has 30 heavy (non-hydrogen) atoms. The molecular weight excluding hydrogens is 376 g/mol. The second kappa shape index (κ2) is 7.08. The normalized spacial score (nSPS) is 22.7. The third-order valence-corrected chi connectivity index (χ3v) is 6.49. The topological polar surface area (TPSA) is 75.3 Å². The van der Waals surface area contributed by atoms with Gasteiger partial charge in [-0.15, -0.1) is 0 Å². The first-order chi connectivity index (χ1) is 14.1. The maximum atomic E-state index is 12.9. The molecule has 156 valence electrons. The molecule has 0 radical (unpaired) electrons. The van der Waals surface area contributed by atoms with E-state index in [2.05, 4.69) is 38.3 Å². The maximum absolute atomic E-state index is 12.9. The molecule has 2 aliphatic rings. The van der Waals surface area contributed by atoms with Crippen LogP contribution >= 0.6 is 0 Å². The van der Waals surface area contributed by atoms with Gasteiger partial charge in [0.1, 0.15) is 0 Å². The zero-order chi connectivity index (χ0) is 21.7. The second-order valence-electron chi connectivity index (χ2n) is 9.92. The van der Waals surface area contributed by atoms with Crippen molar-refractivity contribution < 1.29 is 14.4 Å². The molecule has 2 aliphatic carbocycles. The number of hydrogen-bond donors (Lipinski definition) is 2. The van der Waals surface area contributed by atoms with E-state index in [0.29, 0.717) is 22.5 Å². The van der Waals surface area contributed by atoms with Crippen LogP contribution in [0, 0.1) is 22.7 Å². The van der Waals surface area contributed by atoms with E-state index in [1.165, 1.54) is 0 Å². The highest BCUT2D eigenvalue weighted by Gasteiger charge is 2.51. The molecule has 2 fully saturated rings. The largest absolute Gasteiger partial charge is 0.324 e. The molecule has 0 saturated heterocycles. The number of anilines is 2. The Bertz CT molecular complexity index is 1020. The highest BCUT2D eigenvalue weighted by Crippen LogP contribution is 2.53. The Kier molecular flexibility index (Phi) is 4.80. The Hall–Kier alpha value is -2.95. The molecule has 0 bridgehead atoms. The van der Waals surface area contributed by atoms with Gasteiger partial charge in [0, 0.05) is 23.0 Å². The smallest absolute Gasteiger partial charge is 0.228 e. The summed E-state index contributed by atoms with van der Waals surface area (Å²) in [6, 6.07) is 14.1. The van der Waals surface area contributed by atoms with Gasteiger partial charge in [0.05, 0.1) is 11.4 Å². The molecule has 2 atom stereocenters. The van der Waals surface area contributed by atoms with Crippen LogP contribution in [0.15, 0.2) is 48.5 Å². The number of benzene rings is 2. The lowest BCUT2D eigenvalue weighted by Crippen LogP contribution is -2.21. The van der Waals surface area contributed by atoms with E-state index in [1.807, 2.05) is 18.2 Å². The molecule has 5 nitrogen and oxygen atoms in total. The van der Waals surface area contributed by atoms with Gasteiger partial charge in [-0.05, 0) is 41.9 Å². The van der Waals surface area contributed by atoms with Crippen LogP contribution < -0.4 is 10.6 Å². The van der Waals surface area contributed by atoms with Crippen molar-refractivity contribution in [2.24, 2.45) is 22.7 Å². The minimum Gasteiger partial charge on any atom is -0.324 e. The molecule has 0 heterocycles. The quantitative estimate of drug-likeness (QED) is 0.673. The number of ketones is 1. The maximum Gasteiger partial charge on any atom is 0.228 e. The summed E-state index contributed by atoms with van der Waals surface area (Å²) in [6.45, 7) is 8.25. The van der Waals surface area contributed by atoms with Crippen molar-refractivity contribution in [3.05, 3.63) is 59.7 Å². The fourth-order valence-electron chi connectivity index (χ4n) is 3.92. The van der Waals surface area contributed by atoms with E-state index in [-0.39, 0.29) is 40.3 Å². The Labute approximate surface area is 177 Å². The van der Waals surface area contributed by atoms with Crippen molar-refractivity contribution in [3.63, 3.8) is 0 Å². The Morgan fingerprint density at radius 3 is 1.73 bits per heavy atom. The summed E-state index contributed by atoms with van der Waals surface area (Å²) in [6.07, 6.45) is 1.68. The molecular formula is C25H28N2O3. The zero-order valence-corrected chi connectivity index (χ0v) is 17.9. The van der Waals surface area contributed by atoms with Crippen LogP contribution in [-0.4, -0.2) is 17.6 Å². The van der Waals surface area contributed by atoms with Gasteiger partial charge in [-0.25, -0.2) is 0 Å². The summed E-state index contributed by atoms with van der Waals surface area (Å²) in [5.74, 6) is -0.346. The highest BCUT2D eigenvalue weighted by molar-refractivity contribution is 6.11. The van der Waals surface area contributed by atoms with Crippen LogP contribution in [0.4, 0.5) is 11.4 Å². The Morgan fingerprint density at radius 2 is 1.23 bits per heavy atom. The van der Waals surface area contributed by atoms with Gasteiger partial charge in [-0.1, -0.05) is 58.0 Å². The van der Waals surface area contributed by atoms with E-state index < -0.39 is 0 Å². The molecule has 2 amide bonds. The minimum absolute atomic E-state index is 0.00868. The lowest BCUT2D eigenvalue weighted by molar-refractivity contribution is -0.119. The van der Waals surface area contributed by atoms with E-state index >= 15 is 0 Å². The van der Waals surface area contributed by atoms with Gasteiger partial charge in [0.25, 0.3) is 0 Å². The molecule has 0 spiro atoms. The van der Waals surface area contributed by atoms with Crippen LogP contribution in [0.3, 0.4) is 0 Å². The van der Waals surface area contributed by atoms with Crippen molar-refractivity contribution in [1.82, 2.24) is 0 Å². The number of carbonyl (C=O) groups is 3. The van der Waals surface area contributed by atoms with E-state index in [4.69, 9.17) is 0 Å². The molecule has 2 aromatic rings. The average molecular weight is 405 g/mol. The third-order valence-electron chi connectivity index (χ3n) is 6.49. The third kappa shape index (κ3) is 4.02. The van der Waals surface area contributed by atoms with E-state index in [9.17, 15) is 14.4 Å². The molecule has 2 saturated carbocycles.